The van der Waals surface area contributed by atoms with Gasteiger partial charge in [-0.2, -0.15) is 4.98 Å². The van der Waals surface area contributed by atoms with Gasteiger partial charge in [0.2, 0.25) is 15.9 Å². The molecule has 1 saturated heterocycles. The van der Waals surface area contributed by atoms with Gasteiger partial charge in [0.25, 0.3) is 5.91 Å². The maximum Gasteiger partial charge on any atom is 0.271 e. The molecule has 0 spiro atoms. The third-order valence-corrected chi connectivity index (χ3v) is 6.83. The summed E-state index contributed by atoms with van der Waals surface area (Å²) in [5.41, 5.74) is 0.392. The first kappa shape index (κ1) is 18.9. The number of aryl methyl sites for hydroxylation is 2. The predicted octanol–water partition coefficient (Wildman–Crippen LogP) is 0.198. The fraction of sp³-hybridized carbons (Fsp3) is 0.588. The van der Waals surface area contributed by atoms with Crippen LogP contribution in [0.15, 0.2) is 16.9 Å². The van der Waals surface area contributed by atoms with E-state index in [-0.39, 0.29) is 30.1 Å². The fourth-order valence-corrected chi connectivity index (χ4v) is 5.20. The normalized spacial score (nSPS) is 27.7. The van der Waals surface area contributed by atoms with Gasteiger partial charge in [0.05, 0.1) is 23.6 Å². The molecule has 3 heterocycles. The Kier molecular flexibility index (Phi) is 4.46. The molecule has 150 valence electrons. The van der Waals surface area contributed by atoms with Crippen molar-refractivity contribution in [2.45, 2.75) is 38.1 Å². The highest BCUT2D eigenvalue weighted by Crippen LogP contribution is 2.50. The molecule has 0 radical (unpaired) electrons. The molecule has 0 bridgehead atoms. The Bertz CT molecular complexity index is 1000. The van der Waals surface area contributed by atoms with Crippen LogP contribution >= 0.6 is 0 Å². The number of sulfonamides is 1. The molecule has 1 N–H and O–H groups in total. The van der Waals surface area contributed by atoms with Gasteiger partial charge >= 0.3 is 0 Å². The Hall–Kier alpha value is -2.40. The number of carbonyl (C=O) groups excluding carboxylic acids is 1. The molecule has 28 heavy (non-hydrogen) atoms. The van der Waals surface area contributed by atoms with Gasteiger partial charge in [-0.1, -0.05) is 5.16 Å². The van der Waals surface area contributed by atoms with Gasteiger partial charge in [0.1, 0.15) is 5.69 Å². The number of nitrogens with zero attached hydrogens (tertiary/aromatic N) is 5. The summed E-state index contributed by atoms with van der Waals surface area (Å²) in [5.74, 6) is 0.627. The van der Waals surface area contributed by atoms with Crippen LogP contribution in [-0.2, 0) is 15.4 Å². The van der Waals surface area contributed by atoms with Gasteiger partial charge in [-0.05, 0) is 32.6 Å². The van der Waals surface area contributed by atoms with E-state index in [9.17, 15) is 13.2 Å². The van der Waals surface area contributed by atoms with Crippen LogP contribution in [0, 0.1) is 19.8 Å². The van der Waals surface area contributed by atoms with E-state index in [1.165, 1.54) is 16.8 Å². The zero-order valence-corrected chi connectivity index (χ0v) is 16.7. The Morgan fingerprint density at radius 3 is 2.71 bits per heavy atom. The van der Waals surface area contributed by atoms with E-state index in [1.807, 2.05) is 0 Å². The van der Waals surface area contributed by atoms with Crippen molar-refractivity contribution in [3.63, 3.8) is 0 Å². The van der Waals surface area contributed by atoms with Crippen LogP contribution in [0.4, 0.5) is 0 Å². The first-order chi connectivity index (χ1) is 13.2. The summed E-state index contributed by atoms with van der Waals surface area (Å²) in [4.78, 5) is 25.1. The molecule has 4 rings (SSSR count). The average Bonchev–Trinajstić information content (AvgIpc) is 3.27. The molecule has 2 fully saturated rings. The zero-order valence-electron chi connectivity index (χ0n) is 15.9. The van der Waals surface area contributed by atoms with Crippen molar-refractivity contribution < 1.29 is 17.7 Å². The third-order valence-electron chi connectivity index (χ3n) is 5.61. The molecule has 1 saturated carbocycles. The second-order valence-electron chi connectivity index (χ2n) is 7.71. The average molecular weight is 406 g/mol. The summed E-state index contributed by atoms with van der Waals surface area (Å²) < 4.78 is 31.1. The highest BCUT2D eigenvalue weighted by molar-refractivity contribution is 7.88. The maximum absolute atomic E-state index is 12.5. The molecule has 2 aromatic heterocycles. The Morgan fingerprint density at radius 1 is 1.32 bits per heavy atom. The van der Waals surface area contributed by atoms with Crippen LogP contribution in [0.2, 0.25) is 0 Å². The van der Waals surface area contributed by atoms with E-state index in [0.717, 1.165) is 5.69 Å². The van der Waals surface area contributed by atoms with Gasteiger partial charge in [-0.3, -0.25) is 9.78 Å². The van der Waals surface area contributed by atoms with Crippen molar-refractivity contribution in [2.24, 2.45) is 5.92 Å². The van der Waals surface area contributed by atoms with Crippen LogP contribution in [-0.4, -0.2) is 64.1 Å². The molecule has 3 atom stereocenters. The number of fused-ring (bicyclic) bond motifs is 1. The SMILES string of the molecule is Cc1cnc(C(=O)N[C@@H]2C[C@H]3CN(S(C)(=O)=O)C[C@@]3(c3nc(C)no3)C2)cn1. The smallest absolute Gasteiger partial charge is 0.271 e. The lowest BCUT2D eigenvalue weighted by molar-refractivity contribution is 0.0929. The van der Waals surface area contributed by atoms with Crippen molar-refractivity contribution in [2.75, 3.05) is 19.3 Å². The summed E-state index contributed by atoms with van der Waals surface area (Å²) in [7, 11) is -3.33. The van der Waals surface area contributed by atoms with Crippen LogP contribution in [0.25, 0.3) is 0 Å². The molecular formula is C17H22N6O4S. The van der Waals surface area contributed by atoms with E-state index in [2.05, 4.69) is 25.4 Å². The van der Waals surface area contributed by atoms with Crippen molar-refractivity contribution in [1.82, 2.24) is 29.7 Å². The van der Waals surface area contributed by atoms with Crippen LogP contribution in [0.1, 0.15) is 40.7 Å². The Morgan fingerprint density at radius 2 is 2.11 bits per heavy atom. The quantitative estimate of drug-likeness (QED) is 0.762. The highest BCUT2D eigenvalue weighted by Gasteiger charge is 2.59. The lowest BCUT2D eigenvalue weighted by Crippen LogP contribution is -2.39. The van der Waals surface area contributed by atoms with E-state index in [0.29, 0.717) is 31.1 Å². The molecule has 0 aromatic carbocycles. The van der Waals surface area contributed by atoms with Crippen LogP contribution in [0.3, 0.4) is 0 Å². The van der Waals surface area contributed by atoms with Crippen LogP contribution < -0.4 is 5.32 Å². The molecule has 1 aliphatic heterocycles. The van der Waals surface area contributed by atoms with Gasteiger partial charge in [0.15, 0.2) is 5.82 Å². The molecule has 2 aliphatic rings. The Labute approximate surface area is 162 Å². The third kappa shape index (κ3) is 3.28. The molecule has 11 heteroatoms. The van der Waals surface area contributed by atoms with Gasteiger partial charge in [-0.25, -0.2) is 17.7 Å². The minimum absolute atomic E-state index is 0.0172. The number of amides is 1. The summed E-state index contributed by atoms with van der Waals surface area (Å²) in [6.45, 7) is 4.18. The predicted molar refractivity (Wildman–Crippen MR) is 97.9 cm³/mol. The molecule has 1 amide bonds. The van der Waals surface area contributed by atoms with Crippen LogP contribution in [0.5, 0.6) is 0 Å². The lowest BCUT2D eigenvalue weighted by Gasteiger charge is -2.24. The van der Waals surface area contributed by atoms with E-state index in [4.69, 9.17) is 4.52 Å². The second-order valence-corrected chi connectivity index (χ2v) is 9.69. The number of carbonyl (C=O) groups is 1. The Balaban J connectivity index is 1.57. The zero-order chi connectivity index (χ0) is 20.1. The standard InChI is InChI=1S/C17H22N6O4S/c1-10-6-19-14(7-18-10)15(24)21-13-4-12-8-23(28(3,25)26)9-17(12,5-13)16-20-11(2)22-27-16/h6-7,12-13H,4-5,8-9H2,1-3H3,(H,21,24)/t12-,13+,17-/m0/s1. The van der Waals surface area contributed by atoms with Crippen molar-refractivity contribution >= 4 is 15.9 Å². The molecule has 2 aromatic rings. The molecular weight excluding hydrogens is 384 g/mol. The summed E-state index contributed by atoms with van der Waals surface area (Å²) in [6.07, 6.45) is 5.35. The van der Waals surface area contributed by atoms with Gasteiger partial charge in [0, 0.05) is 25.3 Å². The second kappa shape index (κ2) is 6.59. The highest BCUT2D eigenvalue weighted by atomic mass is 32.2. The van der Waals surface area contributed by atoms with Gasteiger partial charge < -0.3 is 9.84 Å². The first-order valence-corrected chi connectivity index (χ1v) is 10.9. The number of hydrogen-bond acceptors (Lipinski definition) is 8. The number of nitrogens with one attached hydrogen (secondary N) is 1. The largest absolute Gasteiger partial charge is 0.348 e. The minimum Gasteiger partial charge on any atom is -0.348 e. The topological polar surface area (TPSA) is 131 Å². The van der Waals surface area contributed by atoms with Crippen molar-refractivity contribution in [3.05, 3.63) is 35.5 Å². The monoisotopic (exact) mass is 406 g/mol. The summed E-state index contributed by atoms with van der Waals surface area (Å²) >= 11 is 0. The maximum atomic E-state index is 12.5. The number of aromatic nitrogens is 4. The number of rotatable bonds is 4. The van der Waals surface area contributed by atoms with E-state index < -0.39 is 15.4 Å². The minimum atomic E-state index is -3.33. The van der Waals surface area contributed by atoms with Crippen molar-refractivity contribution in [1.29, 1.82) is 0 Å². The van der Waals surface area contributed by atoms with Gasteiger partial charge in [-0.15, -0.1) is 0 Å². The summed E-state index contributed by atoms with van der Waals surface area (Å²) in [6, 6.07) is -0.144. The lowest BCUT2D eigenvalue weighted by atomic mass is 9.80. The molecule has 10 nitrogen and oxygen atoms in total. The number of hydrogen-bond donors (Lipinski definition) is 1. The summed E-state index contributed by atoms with van der Waals surface area (Å²) in [5, 5.41) is 6.88. The molecule has 0 unspecified atom stereocenters. The van der Waals surface area contributed by atoms with E-state index >= 15 is 0 Å². The fourth-order valence-electron chi connectivity index (χ4n) is 4.29. The van der Waals surface area contributed by atoms with E-state index in [1.54, 1.807) is 20.0 Å². The molecule has 1 aliphatic carbocycles. The first-order valence-electron chi connectivity index (χ1n) is 9.03. The van der Waals surface area contributed by atoms with Crippen molar-refractivity contribution in [3.8, 4) is 0 Å².